The van der Waals surface area contributed by atoms with Crippen LogP contribution in [0.4, 0.5) is 17.1 Å². The molecule has 8 nitrogen and oxygen atoms in total. The Morgan fingerprint density at radius 2 is 1.41 bits per heavy atom. The summed E-state index contributed by atoms with van der Waals surface area (Å²) in [5.41, 5.74) is 3.86. The Balaban J connectivity index is 1.39. The van der Waals surface area contributed by atoms with Gasteiger partial charge in [-0.3, -0.25) is 14.4 Å². The fourth-order valence-electron chi connectivity index (χ4n) is 5.52. The molecular weight excluding hydrogens is 518 g/mol. The number of carboxylic acids is 1. The largest absolute Gasteiger partial charge is 0.478 e. The van der Waals surface area contributed by atoms with Gasteiger partial charge in [0.1, 0.15) is 0 Å². The van der Waals surface area contributed by atoms with Gasteiger partial charge in [-0.15, -0.1) is 0 Å². The zero-order chi connectivity index (χ0) is 28.5. The molecule has 2 aliphatic rings. The molecule has 0 aromatic heterocycles. The minimum absolute atomic E-state index is 0.0257. The van der Waals surface area contributed by atoms with Crippen molar-refractivity contribution in [3.8, 4) is 11.1 Å². The van der Waals surface area contributed by atoms with Crippen molar-refractivity contribution in [2.24, 2.45) is 0 Å². The summed E-state index contributed by atoms with van der Waals surface area (Å²) in [5.74, 6) is -2.74. The molecule has 41 heavy (non-hydrogen) atoms. The van der Waals surface area contributed by atoms with E-state index in [0.717, 1.165) is 54.1 Å². The molecule has 2 heterocycles. The molecule has 6 rings (SSSR count). The molecule has 3 amide bonds. The van der Waals surface area contributed by atoms with Gasteiger partial charge in [0.05, 0.1) is 27.9 Å². The Morgan fingerprint density at radius 1 is 0.707 bits per heavy atom. The van der Waals surface area contributed by atoms with Crippen LogP contribution in [0.15, 0.2) is 91.0 Å². The summed E-state index contributed by atoms with van der Waals surface area (Å²) in [4.78, 5) is 55.2. The topological polar surface area (TPSA) is 107 Å². The first-order valence-electron chi connectivity index (χ1n) is 13.5. The number of carbonyl (C=O) groups is 4. The number of hydrogen-bond acceptors (Lipinski definition) is 5. The maximum atomic E-state index is 13.9. The van der Waals surface area contributed by atoms with Crippen LogP contribution in [0.5, 0.6) is 0 Å². The van der Waals surface area contributed by atoms with Gasteiger partial charge in [0.2, 0.25) is 0 Å². The number of benzene rings is 4. The molecule has 204 valence electrons. The van der Waals surface area contributed by atoms with E-state index < -0.39 is 17.8 Å². The van der Waals surface area contributed by atoms with Gasteiger partial charge in [0.15, 0.2) is 0 Å². The molecule has 0 saturated carbocycles. The summed E-state index contributed by atoms with van der Waals surface area (Å²) >= 11 is 0. The highest BCUT2D eigenvalue weighted by Crippen LogP contribution is 2.35. The Hall–Kier alpha value is -5.24. The van der Waals surface area contributed by atoms with Crippen molar-refractivity contribution >= 4 is 40.8 Å². The average molecular weight is 546 g/mol. The fourth-order valence-corrected chi connectivity index (χ4v) is 5.52. The molecule has 8 heteroatoms. The molecule has 4 aromatic carbocycles. The average Bonchev–Trinajstić information content (AvgIpc) is 3.26. The molecule has 0 radical (unpaired) electrons. The minimum Gasteiger partial charge on any atom is -0.478 e. The Bertz CT molecular complexity index is 1690. The highest BCUT2D eigenvalue weighted by molar-refractivity contribution is 6.35. The highest BCUT2D eigenvalue weighted by atomic mass is 16.4. The second-order valence-electron chi connectivity index (χ2n) is 10.1. The molecule has 1 fully saturated rings. The van der Waals surface area contributed by atoms with Gasteiger partial charge >= 0.3 is 5.97 Å². The highest BCUT2D eigenvalue weighted by Gasteiger charge is 2.38. The van der Waals surface area contributed by atoms with E-state index in [0.29, 0.717) is 11.3 Å². The van der Waals surface area contributed by atoms with Crippen LogP contribution < -0.4 is 15.1 Å². The quantitative estimate of drug-likeness (QED) is 0.284. The SMILES string of the molecule is O=C(O)c1ccc2c(c1)C(=O)N(c1ccc(N3CCCCC3)c(C(=O)Nc3ccccc3-c3ccccc3)c1)C2=O. The lowest BCUT2D eigenvalue weighted by Gasteiger charge is -2.31. The predicted molar refractivity (Wildman–Crippen MR) is 157 cm³/mol. The smallest absolute Gasteiger partial charge is 0.335 e. The van der Waals surface area contributed by atoms with Gasteiger partial charge in [-0.25, -0.2) is 9.69 Å². The Morgan fingerprint density at radius 3 is 2.17 bits per heavy atom. The summed E-state index contributed by atoms with van der Waals surface area (Å²) in [6.07, 6.45) is 3.13. The molecule has 0 unspecified atom stereocenters. The number of carboxylic acid groups (broad SMARTS) is 1. The van der Waals surface area contributed by atoms with E-state index in [2.05, 4.69) is 10.2 Å². The molecule has 4 aromatic rings. The first-order chi connectivity index (χ1) is 19.9. The lowest BCUT2D eigenvalue weighted by atomic mass is 10.0. The van der Waals surface area contributed by atoms with Gasteiger partial charge in [-0.05, 0) is 67.3 Å². The van der Waals surface area contributed by atoms with Crippen molar-refractivity contribution in [3.63, 3.8) is 0 Å². The third-order valence-electron chi connectivity index (χ3n) is 7.57. The molecule has 0 aliphatic carbocycles. The van der Waals surface area contributed by atoms with Crippen molar-refractivity contribution in [1.82, 2.24) is 0 Å². The summed E-state index contributed by atoms with van der Waals surface area (Å²) in [6.45, 7) is 1.59. The van der Waals surface area contributed by atoms with Crippen LogP contribution in [0.3, 0.4) is 0 Å². The number of fused-ring (bicyclic) bond motifs is 1. The van der Waals surface area contributed by atoms with Crippen LogP contribution in [0, 0.1) is 0 Å². The van der Waals surface area contributed by atoms with Crippen LogP contribution in [0.1, 0.15) is 60.7 Å². The Labute approximate surface area is 236 Å². The fraction of sp³-hybridized carbons (Fsp3) is 0.152. The molecule has 0 bridgehead atoms. The lowest BCUT2D eigenvalue weighted by Crippen LogP contribution is -2.33. The van der Waals surface area contributed by atoms with E-state index in [1.54, 1.807) is 18.2 Å². The van der Waals surface area contributed by atoms with E-state index in [4.69, 9.17) is 0 Å². The van der Waals surface area contributed by atoms with Crippen molar-refractivity contribution in [1.29, 1.82) is 0 Å². The molecule has 2 N–H and O–H groups in total. The number of amides is 3. The molecule has 0 spiro atoms. The Kier molecular flexibility index (Phi) is 6.81. The molecule has 0 atom stereocenters. The summed E-state index contributed by atoms with van der Waals surface area (Å²) in [5, 5.41) is 12.4. The van der Waals surface area contributed by atoms with Gasteiger partial charge in [-0.1, -0.05) is 48.5 Å². The van der Waals surface area contributed by atoms with Crippen LogP contribution in [0.2, 0.25) is 0 Å². The van der Waals surface area contributed by atoms with Crippen LogP contribution >= 0.6 is 0 Å². The first-order valence-corrected chi connectivity index (χ1v) is 13.5. The zero-order valence-corrected chi connectivity index (χ0v) is 22.2. The second kappa shape index (κ2) is 10.7. The van der Waals surface area contributed by atoms with E-state index in [-0.39, 0.29) is 28.3 Å². The van der Waals surface area contributed by atoms with Crippen molar-refractivity contribution < 1.29 is 24.3 Å². The van der Waals surface area contributed by atoms with E-state index in [1.807, 2.05) is 54.6 Å². The number of imide groups is 1. The third-order valence-corrected chi connectivity index (χ3v) is 7.57. The molecular formula is C33H27N3O5. The van der Waals surface area contributed by atoms with E-state index in [1.165, 1.54) is 18.2 Å². The summed E-state index contributed by atoms with van der Waals surface area (Å²) < 4.78 is 0. The van der Waals surface area contributed by atoms with Gasteiger partial charge in [0.25, 0.3) is 17.7 Å². The molecule has 1 saturated heterocycles. The monoisotopic (exact) mass is 545 g/mol. The first kappa shape index (κ1) is 26.0. The number of aromatic carboxylic acids is 1. The maximum absolute atomic E-state index is 13.9. The van der Waals surface area contributed by atoms with Crippen molar-refractivity contribution in [3.05, 3.63) is 113 Å². The third kappa shape index (κ3) is 4.84. The standard InChI is InChI=1S/C33H27N3O5/c37-30(34-28-12-6-5-11-24(28)21-9-3-1-4-10-21)27-20-23(14-16-29(27)35-17-7-2-8-18-35)36-31(38)25-15-13-22(33(40)41)19-26(25)32(36)39/h1,3-6,9-16,19-20H,2,7-8,17-18H2,(H,34,37)(H,40,41). The van der Waals surface area contributed by atoms with Crippen LogP contribution in [-0.4, -0.2) is 41.9 Å². The molecule has 2 aliphatic heterocycles. The number of nitrogens with zero attached hydrogens (tertiary/aromatic N) is 2. The van der Waals surface area contributed by atoms with Gasteiger partial charge in [0, 0.05) is 30.0 Å². The normalized spacial score (nSPS) is 14.6. The maximum Gasteiger partial charge on any atom is 0.335 e. The predicted octanol–water partition coefficient (Wildman–Crippen LogP) is 6.10. The van der Waals surface area contributed by atoms with Gasteiger partial charge in [-0.2, -0.15) is 0 Å². The van der Waals surface area contributed by atoms with Crippen molar-refractivity contribution in [2.75, 3.05) is 28.2 Å². The summed E-state index contributed by atoms with van der Waals surface area (Å²) in [6, 6.07) is 26.2. The number of anilines is 3. The van der Waals surface area contributed by atoms with Crippen LogP contribution in [-0.2, 0) is 0 Å². The summed E-state index contributed by atoms with van der Waals surface area (Å²) in [7, 11) is 0. The van der Waals surface area contributed by atoms with Crippen molar-refractivity contribution in [2.45, 2.75) is 19.3 Å². The number of hydrogen-bond donors (Lipinski definition) is 2. The lowest BCUT2D eigenvalue weighted by molar-refractivity contribution is 0.0696. The number of rotatable bonds is 6. The second-order valence-corrected chi connectivity index (χ2v) is 10.1. The van der Waals surface area contributed by atoms with Gasteiger partial charge < -0.3 is 15.3 Å². The number of piperidine rings is 1. The zero-order valence-electron chi connectivity index (χ0n) is 22.2. The van der Waals surface area contributed by atoms with E-state index >= 15 is 0 Å². The number of carbonyl (C=O) groups excluding carboxylic acids is 3. The number of para-hydroxylation sites is 1. The van der Waals surface area contributed by atoms with E-state index in [9.17, 15) is 24.3 Å². The minimum atomic E-state index is -1.19. The van der Waals surface area contributed by atoms with Crippen LogP contribution in [0.25, 0.3) is 11.1 Å². The number of nitrogens with one attached hydrogen (secondary N) is 1.